The second-order valence-corrected chi connectivity index (χ2v) is 7.42. The highest BCUT2D eigenvalue weighted by Crippen LogP contribution is 2.24. The fraction of sp³-hybridized carbons (Fsp3) is 0.542. The van der Waals surface area contributed by atoms with Gasteiger partial charge < -0.3 is 14.6 Å². The summed E-state index contributed by atoms with van der Waals surface area (Å²) in [6.45, 7) is 6.47. The SMILES string of the molecule is CCCCCC(C(=O)O)c1cnc(-c2ccc(OCCCCOCCC)cc2)nc1. The predicted molar refractivity (Wildman–Crippen MR) is 118 cm³/mol. The molecule has 164 valence electrons. The van der Waals surface area contributed by atoms with Crippen LogP contribution < -0.4 is 4.74 Å². The third-order valence-electron chi connectivity index (χ3n) is 4.88. The maximum absolute atomic E-state index is 11.6. The Kier molecular flexibility index (Phi) is 10.9. The van der Waals surface area contributed by atoms with Crippen molar-refractivity contribution < 1.29 is 19.4 Å². The van der Waals surface area contributed by atoms with Crippen LogP contribution in [-0.4, -0.2) is 40.9 Å². The Hall–Kier alpha value is -2.47. The Balaban J connectivity index is 1.86. The molecule has 2 aromatic rings. The summed E-state index contributed by atoms with van der Waals surface area (Å²) >= 11 is 0. The molecule has 1 N–H and O–H groups in total. The highest BCUT2D eigenvalue weighted by molar-refractivity contribution is 5.75. The Morgan fingerprint density at radius 2 is 1.63 bits per heavy atom. The van der Waals surface area contributed by atoms with Gasteiger partial charge in [-0.2, -0.15) is 0 Å². The Morgan fingerprint density at radius 3 is 2.27 bits per heavy atom. The number of rotatable bonds is 15. The number of unbranched alkanes of at least 4 members (excludes halogenated alkanes) is 3. The average Bonchev–Trinajstić information content (AvgIpc) is 2.76. The number of aliphatic carboxylic acids is 1. The monoisotopic (exact) mass is 414 g/mol. The lowest BCUT2D eigenvalue weighted by atomic mass is 9.95. The molecule has 0 amide bonds. The van der Waals surface area contributed by atoms with E-state index >= 15 is 0 Å². The molecular formula is C24H34N2O4. The Labute approximate surface area is 179 Å². The molecule has 0 bridgehead atoms. The van der Waals surface area contributed by atoms with Gasteiger partial charge in [0.2, 0.25) is 0 Å². The topological polar surface area (TPSA) is 81.5 Å². The van der Waals surface area contributed by atoms with Gasteiger partial charge in [-0.1, -0.05) is 33.1 Å². The molecule has 1 aromatic heterocycles. The first kappa shape index (κ1) is 23.8. The molecule has 30 heavy (non-hydrogen) atoms. The minimum absolute atomic E-state index is 0.547. The van der Waals surface area contributed by atoms with Crippen LogP contribution in [0, 0.1) is 0 Å². The second-order valence-electron chi connectivity index (χ2n) is 7.42. The van der Waals surface area contributed by atoms with Crippen LogP contribution in [0.4, 0.5) is 0 Å². The van der Waals surface area contributed by atoms with Crippen molar-refractivity contribution in [2.24, 2.45) is 0 Å². The van der Waals surface area contributed by atoms with Gasteiger partial charge in [-0.15, -0.1) is 0 Å². The molecule has 1 heterocycles. The summed E-state index contributed by atoms with van der Waals surface area (Å²) in [4.78, 5) is 20.4. The van der Waals surface area contributed by atoms with Crippen LogP contribution in [0.2, 0.25) is 0 Å². The van der Waals surface area contributed by atoms with Crippen LogP contribution in [0.1, 0.15) is 70.3 Å². The lowest BCUT2D eigenvalue weighted by Gasteiger charge is -2.12. The maximum Gasteiger partial charge on any atom is 0.311 e. The van der Waals surface area contributed by atoms with Gasteiger partial charge in [0.1, 0.15) is 5.75 Å². The van der Waals surface area contributed by atoms with Crippen molar-refractivity contribution in [1.29, 1.82) is 0 Å². The first-order valence-electron chi connectivity index (χ1n) is 11.0. The zero-order valence-corrected chi connectivity index (χ0v) is 18.2. The summed E-state index contributed by atoms with van der Waals surface area (Å²) in [6, 6.07) is 7.66. The molecule has 0 radical (unpaired) electrons. The molecular weight excluding hydrogens is 380 g/mol. The molecule has 0 aliphatic carbocycles. The van der Waals surface area contributed by atoms with Crippen molar-refractivity contribution in [1.82, 2.24) is 9.97 Å². The standard InChI is InChI=1S/C24H34N2O4/c1-3-5-6-9-22(24(27)28)20-17-25-23(26-18-20)19-10-12-21(13-11-19)30-16-8-7-15-29-14-4-2/h10-13,17-18,22H,3-9,14-16H2,1-2H3,(H,27,28). The van der Waals surface area contributed by atoms with Crippen LogP contribution in [-0.2, 0) is 9.53 Å². The normalized spacial score (nSPS) is 11.9. The summed E-state index contributed by atoms with van der Waals surface area (Å²) in [5.41, 5.74) is 1.53. The molecule has 1 unspecified atom stereocenters. The zero-order valence-electron chi connectivity index (χ0n) is 18.2. The van der Waals surface area contributed by atoms with Gasteiger partial charge >= 0.3 is 5.97 Å². The van der Waals surface area contributed by atoms with Crippen LogP contribution in [0.15, 0.2) is 36.7 Å². The number of benzene rings is 1. The van der Waals surface area contributed by atoms with Crippen LogP contribution >= 0.6 is 0 Å². The zero-order chi connectivity index (χ0) is 21.6. The number of carboxylic acid groups (broad SMARTS) is 1. The maximum atomic E-state index is 11.6. The minimum Gasteiger partial charge on any atom is -0.494 e. The minimum atomic E-state index is -0.819. The highest BCUT2D eigenvalue weighted by atomic mass is 16.5. The number of nitrogens with zero attached hydrogens (tertiary/aromatic N) is 2. The van der Waals surface area contributed by atoms with Crippen molar-refractivity contribution in [3.8, 4) is 17.1 Å². The first-order valence-corrected chi connectivity index (χ1v) is 11.0. The fourth-order valence-electron chi connectivity index (χ4n) is 3.14. The van der Waals surface area contributed by atoms with E-state index in [-0.39, 0.29) is 0 Å². The van der Waals surface area contributed by atoms with E-state index in [0.717, 1.165) is 63.1 Å². The molecule has 6 heteroatoms. The smallest absolute Gasteiger partial charge is 0.311 e. The molecule has 6 nitrogen and oxygen atoms in total. The summed E-state index contributed by atoms with van der Waals surface area (Å²) in [7, 11) is 0. The van der Waals surface area contributed by atoms with Gasteiger partial charge in [-0.25, -0.2) is 9.97 Å². The summed E-state index contributed by atoms with van der Waals surface area (Å²) in [6.07, 6.45) is 9.88. The van der Waals surface area contributed by atoms with E-state index in [1.807, 2.05) is 24.3 Å². The van der Waals surface area contributed by atoms with Gasteiger partial charge in [0, 0.05) is 36.7 Å². The van der Waals surface area contributed by atoms with E-state index in [4.69, 9.17) is 9.47 Å². The van der Waals surface area contributed by atoms with E-state index in [0.29, 0.717) is 24.4 Å². The fourth-order valence-corrected chi connectivity index (χ4v) is 3.14. The van der Waals surface area contributed by atoms with Gasteiger partial charge in [0.15, 0.2) is 5.82 Å². The molecule has 0 saturated heterocycles. The Morgan fingerprint density at radius 1 is 0.933 bits per heavy atom. The van der Waals surface area contributed by atoms with E-state index in [9.17, 15) is 9.90 Å². The number of ether oxygens (including phenoxy) is 2. The molecule has 0 saturated carbocycles. The molecule has 2 rings (SSSR count). The molecule has 1 atom stereocenters. The van der Waals surface area contributed by atoms with Gasteiger partial charge in [0.05, 0.1) is 12.5 Å². The number of hydrogen-bond donors (Lipinski definition) is 1. The number of aromatic nitrogens is 2. The van der Waals surface area contributed by atoms with Gasteiger partial charge in [-0.3, -0.25) is 4.79 Å². The number of carboxylic acids is 1. The van der Waals surface area contributed by atoms with Crippen molar-refractivity contribution in [3.05, 3.63) is 42.2 Å². The third kappa shape index (κ3) is 8.11. The Bertz CT molecular complexity index is 732. The second kappa shape index (κ2) is 13.7. The van der Waals surface area contributed by atoms with Crippen LogP contribution in [0.5, 0.6) is 5.75 Å². The van der Waals surface area contributed by atoms with Crippen molar-refractivity contribution in [3.63, 3.8) is 0 Å². The molecule has 0 aliphatic rings. The van der Waals surface area contributed by atoms with Gasteiger partial charge in [-0.05, 0) is 49.9 Å². The average molecular weight is 415 g/mol. The lowest BCUT2D eigenvalue weighted by molar-refractivity contribution is -0.139. The number of carbonyl (C=O) groups is 1. The summed E-state index contributed by atoms with van der Waals surface area (Å²) < 4.78 is 11.2. The number of hydrogen-bond acceptors (Lipinski definition) is 5. The highest BCUT2D eigenvalue weighted by Gasteiger charge is 2.20. The summed E-state index contributed by atoms with van der Waals surface area (Å²) in [5.74, 6) is 0.0254. The van der Waals surface area contributed by atoms with E-state index < -0.39 is 11.9 Å². The molecule has 0 aliphatic heterocycles. The van der Waals surface area contributed by atoms with Gasteiger partial charge in [0.25, 0.3) is 0 Å². The lowest BCUT2D eigenvalue weighted by Crippen LogP contribution is -2.12. The molecule has 0 fully saturated rings. The van der Waals surface area contributed by atoms with Crippen LogP contribution in [0.25, 0.3) is 11.4 Å². The largest absolute Gasteiger partial charge is 0.494 e. The molecule has 1 aromatic carbocycles. The van der Waals surface area contributed by atoms with Crippen LogP contribution in [0.3, 0.4) is 0 Å². The van der Waals surface area contributed by atoms with Crippen molar-refractivity contribution in [2.45, 2.75) is 64.7 Å². The summed E-state index contributed by atoms with van der Waals surface area (Å²) in [5, 5.41) is 9.51. The van der Waals surface area contributed by atoms with E-state index in [2.05, 4.69) is 23.8 Å². The van der Waals surface area contributed by atoms with Crippen molar-refractivity contribution in [2.75, 3.05) is 19.8 Å². The third-order valence-corrected chi connectivity index (χ3v) is 4.88. The predicted octanol–water partition coefficient (Wildman–Crippen LogP) is 5.48. The van der Waals surface area contributed by atoms with Crippen molar-refractivity contribution >= 4 is 5.97 Å². The molecule has 0 spiro atoms. The van der Waals surface area contributed by atoms with E-state index in [1.165, 1.54) is 0 Å². The first-order chi connectivity index (χ1) is 14.7. The van der Waals surface area contributed by atoms with E-state index in [1.54, 1.807) is 12.4 Å². The quantitative estimate of drug-likeness (QED) is 0.389.